The maximum atomic E-state index is 4.99. The van der Waals surface area contributed by atoms with Crippen molar-refractivity contribution in [2.45, 2.75) is 19.9 Å². The molecule has 3 N–H and O–H groups in total. The number of aromatic amines is 1. The highest BCUT2D eigenvalue weighted by molar-refractivity contribution is 7.80. The van der Waals surface area contributed by atoms with Crippen LogP contribution in [0, 0.1) is 0 Å². The Morgan fingerprint density at radius 3 is 3.00 bits per heavy atom. The minimum atomic E-state index is -0.0368. The summed E-state index contributed by atoms with van der Waals surface area (Å²) >= 11 is 4.99. The molecule has 6 nitrogen and oxygen atoms in total. The summed E-state index contributed by atoms with van der Waals surface area (Å²) < 4.78 is 0. The van der Waals surface area contributed by atoms with E-state index in [0.717, 1.165) is 6.54 Å². The van der Waals surface area contributed by atoms with Crippen LogP contribution in [0.4, 0.5) is 0 Å². The van der Waals surface area contributed by atoms with Crippen LogP contribution in [0.5, 0.6) is 0 Å². The first kappa shape index (κ1) is 9.85. The van der Waals surface area contributed by atoms with E-state index in [0.29, 0.717) is 10.9 Å². The number of thiocarbonyl (C=S) groups is 1. The lowest BCUT2D eigenvalue weighted by Crippen LogP contribution is -2.36. The smallest absolute Gasteiger partial charge is 0.196 e. The maximum absolute atomic E-state index is 4.99. The molecule has 1 atom stereocenters. The number of tetrazole rings is 1. The fourth-order valence-electron chi connectivity index (χ4n) is 0.826. The summed E-state index contributed by atoms with van der Waals surface area (Å²) in [4.78, 5) is 0. The molecule has 0 aliphatic heterocycles. The minimum absolute atomic E-state index is 0.0368. The van der Waals surface area contributed by atoms with Crippen LogP contribution in [0.3, 0.4) is 0 Å². The first-order valence-corrected chi connectivity index (χ1v) is 4.42. The minimum Gasteiger partial charge on any atom is -0.363 e. The van der Waals surface area contributed by atoms with E-state index in [1.165, 1.54) is 0 Å². The molecule has 0 aliphatic carbocycles. The third-order valence-electron chi connectivity index (χ3n) is 1.43. The van der Waals surface area contributed by atoms with Crippen molar-refractivity contribution in [1.82, 2.24) is 31.3 Å². The van der Waals surface area contributed by atoms with Gasteiger partial charge in [0, 0.05) is 6.54 Å². The largest absolute Gasteiger partial charge is 0.363 e. The zero-order chi connectivity index (χ0) is 9.68. The zero-order valence-corrected chi connectivity index (χ0v) is 8.35. The van der Waals surface area contributed by atoms with Gasteiger partial charge in [0.15, 0.2) is 10.9 Å². The molecule has 1 rings (SSSR count). The van der Waals surface area contributed by atoms with Gasteiger partial charge in [-0.2, -0.15) is 5.21 Å². The number of nitrogens with zero attached hydrogens (tertiary/aromatic N) is 3. The predicted molar refractivity (Wildman–Crippen MR) is 52.0 cm³/mol. The van der Waals surface area contributed by atoms with Gasteiger partial charge in [-0.15, -0.1) is 10.2 Å². The Balaban J connectivity index is 2.42. The summed E-state index contributed by atoms with van der Waals surface area (Å²) in [7, 11) is 0. The van der Waals surface area contributed by atoms with Crippen molar-refractivity contribution in [3.05, 3.63) is 5.82 Å². The highest BCUT2D eigenvalue weighted by atomic mass is 32.1. The predicted octanol–water partition coefficient (Wildman–Crippen LogP) is -0.255. The van der Waals surface area contributed by atoms with E-state index in [9.17, 15) is 0 Å². The molecule has 7 heteroatoms. The van der Waals surface area contributed by atoms with E-state index in [-0.39, 0.29) is 6.04 Å². The van der Waals surface area contributed by atoms with Crippen molar-refractivity contribution in [3.63, 3.8) is 0 Å². The van der Waals surface area contributed by atoms with Gasteiger partial charge < -0.3 is 10.6 Å². The van der Waals surface area contributed by atoms with Gasteiger partial charge in [0.25, 0.3) is 0 Å². The summed E-state index contributed by atoms with van der Waals surface area (Å²) in [5.74, 6) is 0.597. The van der Waals surface area contributed by atoms with Crippen molar-refractivity contribution in [2.24, 2.45) is 0 Å². The van der Waals surface area contributed by atoms with Crippen LogP contribution in [0.2, 0.25) is 0 Å². The molecule has 1 unspecified atom stereocenters. The summed E-state index contributed by atoms with van der Waals surface area (Å²) in [6.45, 7) is 4.69. The van der Waals surface area contributed by atoms with Crippen molar-refractivity contribution in [1.29, 1.82) is 0 Å². The van der Waals surface area contributed by atoms with Crippen LogP contribution in [-0.2, 0) is 0 Å². The van der Waals surface area contributed by atoms with Crippen molar-refractivity contribution in [3.8, 4) is 0 Å². The monoisotopic (exact) mass is 200 g/mol. The molecule has 0 aliphatic rings. The lowest BCUT2D eigenvalue weighted by molar-refractivity contribution is 0.655. The normalized spacial score (nSPS) is 12.2. The van der Waals surface area contributed by atoms with E-state index in [2.05, 4.69) is 31.3 Å². The average molecular weight is 200 g/mol. The number of H-pyrrole nitrogens is 1. The lowest BCUT2D eigenvalue weighted by atomic mass is 10.3. The average Bonchev–Trinajstić information content (AvgIpc) is 2.55. The Hall–Kier alpha value is -1.24. The fourth-order valence-corrected chi connectivity index (χ4v) is 1.15. The van der Waals surface area contributed by atoms with Crippen molar-refractivity contribution < 1.29 is 0 Å². The Labute approximate surface area is 81.5 Å². The molecule has 0 saturated heterocycles. The van der Waals surface area contributed by atoms with Gasteiger partial charge in [0.2, 0.25) is 0 Å². The van der Waals surface area contributed by atoms with Gasteiger partial charge >= 0.3 is 0 Å². The summed E-state index contributed by atoms with van der Waals surface area (Å²) in [6, 6.07) is -0.0368. The van der Waals surface area contributed by atoms with Crippen LogP contribution < -0.4 is 10.6 Å². The Bertz CT molecular complexity index is 258. The van der Waals surface area contributed by atoms with Crippen molar-refractivity contribution in [2.75, 3.05) is 6.54 Å². The molecule has 1 heterocycles. The molecule has 0 saturated carbocycles. The molecule has 0 amide bonds. The second-order valence-electron chi connectivity index (χ2n) is 2.50. The molecule has 72 valence electrons. The number of aromatic nitrogens is 4. The number of hydrogen-bond acceptors (Lipinski definition) is 4. The van der Waals surface area contributed by atoms with Gasteiger partial charge in [0.05, 0.1) is 6.04 Å². The Morgan fingerprint density at radius 1 is 1.69 bits per heavy atom. The molecular weight excluding hydrogens is 188 g/mol. The third-order valence-corrected chi connectivity index (χ3v) is 1.70. The molecule has 13 heavy (non-hydrogen) atoms. The Morgan fingerprint density at radius 2 is 2.46 bits per heavy atom. The van der Waals surface area contributed by atoms with Crippen LogP contribution in [-0.4, -0.2) is 32.3 Å². The molecule has 0 fully saturated rings. The van der Waals surface area contributed by atoms with E-state index < -0.39 is 0 Å². The first-order chi connectivity index (χ1) is 6.24. The van der Waals surface area contributed by atoms with E-state index in [1.54, 1.807) is 0 Å². The molecule has 0 aromatic carbocycles. The second-order valence-corrected chi connectivity index (χ2v) is 2.90. The van der Waals surface area contributed by atoms with E-state index in [1.807, 2.05) is 13.8 Å². The van der Waals surface area contributed by atoms with Crippen LogP contribution in [0.25, 0.3) is 0 Å². The maximum Gasteiger partial charge on any atom is 0.196 e. The van der Waals surface area contributed by atoms with Crippen molar-refractivity contribution >= 4 is 17.3 Å². The van der Waals surface area contributed by atoms with E-state index >= 15 is 0 Å². The van der Waals surface area contributed by atoms with E-state index in [4.69, 9.17) is 12.2 Å². The van der Waals surface area contributed by atoms with Crippen LogP contribution in [0.1, 0.15) is 25.7 Å². The number of nitrogens with one attached hydrogen (secondary N) is 3. The first-order valence-electron chi connectivity index (χ1n) is 4.01. The van der Waals surface area contributed by atoms with Gasteiger partial charge in [-0.05, 0) is 26.1 Å². The SMILES string of the molecule is CCNC(=S)NC(C)c1nn[nH]n1. The van der Waals surface area contributed by atoms with Gasteiger partial charge in [-0.1, -0.05) is 5.21 Å². The molecule has 1 aromatic rings. The summed E-state index contributed by atoms with van der Waals surface area (Å²) in [6.07, 6.45) is 0. The molecular formula is C6H12N6S. The second kappa shape index (κ2) is 4.70. The molecule has 0 spiro atoms. The van der Waals surface area contributed by atoms with Gasteiger partial charge in [-0.25, -0.2) is 0 Å². The summed E-state index contributed by atoms with van der Waals surface area (Å²) in [5.41, 5.74) is 0. The Kier molecular flexibility index (Phi) is 3.56. The van der Waals surface area contributed by atoms with Gasteiger partial charge in [0.1, 0.15) is 0 Å². The quantitative estimate of drug-likeness (QED) is 0.584. The highest BCUT2D eigenvalue weighted by Gasteiger charge is 2.10. The van der Waals surface area contributed by atoms with Gasteiger partial charge in [-0.3, -0.25) is 0 Å². The fraction of sp³-hybridized carbons (Fsp3) is 0.667. The zero-order valence-electron chi connectivity index (χ0n) is 7.53. The van der Waals surface area contributed by atoms with Crippen LogP contribution >= 0.6 is 12.2 Å². The topological polar surface area (TPSA) is 78.5 Å². The van der Waals surface area contributed by atoms with Crippen LogP contribution in [0.15, 0.2) is 0 Å². The highest BCUT2D eigenvalue weighted by Crippen LogP contribution is 2.01. The number of hydrogen-bond donors (Lipinski definition) is 3. The lowest BCUT2D eigenvalue weighted by Gasteiger charge is -2.12. The number of rotatable bonds is 3. The summed E-state index contributed by atoms with van der Waals surface area (Å²) in [5, 5.41) is 20.1. The molecule has 1 aromatic heterocycles. The molecule has 0 bridgehead atoms. The standard InChI is InChI=1S/C6H12N6S/c1-3-7-6(13)8-4(2)5-9-11-12-10-5/h4H,3H2,1-2H3,(H2,7,8,13)(H,9,10,11,12). The molecule has 0 radical (unpaired) electrons. The third kappa shape index (κ3) is 2.94.